The topological polar surface area (TPSA) is 76.1 Å². The van der Waals surface area contributed by atoms with E-state index in [0.29, 0.717) is 17.8 Å². The van der Waals surface area contributed by atoms with E-state index in [1.165, 1.54) is 12.1 Å². The molecule has 0 fully saturated rings. The van der Waals surface area contributed by atoms with Gasteiger partial charge in [0.05, 0.1) is 10.6 Å². The standard InChI is InChI=1S/C23H18N2O3S2/c26-22(24-16-17-10-4-1-5-11-17)21-20(18-12-6-2-7-13-18)25-23(29-21)30(27,28)19-14-8-3-9-15-19/h1-15H,16H2,(H,24,26). The first-order chi connectivity index (χ1) is 14.6. The van der Waals surface area contributed by atoms with E-state index in [2.05, 4.69) is 10.3 Å². The number of rotatable bonds is 6. The fourth-order valence-electron chi connectivity index (χ4n) is 2.92. The fourth-order valence-corrected chi connectivity index (χ4v) is 5.56. The van der Waals surface area contributed by atoms with E-state index in [9.17, 15) is 13.2 Å². The maximum absolute atomic E-state index is 13.0. The Hall–Kier alpha value is -3.29. The van der Waals surface area contributed by atoms with Crippen LogP contribution >= 0.6 is 11.3 Å². The highest BCUT2D eigenvalue weighted by atomic mass is 32.2. The molecule has 0 atom stereocenters. The molecule has 150 valence electrons. The first-order valence-corrected chi connectivity index (χ1v) is 11.5. The van der Waals surface area contributed by atoms with Gasteiger partial charge in [0.1, 0.15) is 4.88 Å². The minimum Gasteiger partial charge on any atom is -0.347 e. The predicted molar refractivity (Wildman–Crippen MR) is 117 cm³/mol. The Morgan fingerprint density at radius 1 is 0.833 bits per heavy atom. The molecule has 0 saturated heterocycles. The molecular weight excluding hydrogens is 416 g/mol. The Kier molecular flexibility index (Phi) is 5.74. The molecule has 0 spiro atoms. The summed E-state index contributed by atoms with van der Waals surface area (Å²) >= 11 is 0.888. The number of hydrogen-bond acceptors (Lipinski definition) is 5. The van der Waals surface area contributed by atoms with Gasteiger partial charge in [0.25, 0.3) is 5.91 Å². The molecule has 1 amide bonds. The molecule has 1 N–H and O–H groups in total. The molecule has 3 aromatic carbocycles. The summed E-state index contributed by atoms with van der Waals surface area (Å²) < 4.78 is 26.0. The van der Waals surface area contributed by atoms with Crippen molar-refractivity contribution in [3.63, 3.8) is 0 Å². The maximum atomic E-state index is 13.0. The normalized spacial score (nSPS) is 11.2. The van der Waals surface area contributed by atoms with E-state index < -0.39 is 9.84 Å². The van der Waals surface area contributed by atoms with Crippen LogP contribution in [0.2, 0.25) is 0 Å². The molecule has 7 heteroatoms. The van der Waals surface area contributed by atoms with Gasteiger partial charge < -0.3 is 5.32 Å². The summed E-state index contributed by atoms with van der Waals surface area (Å²) in [6.45, 7) is 0.340. The van der Waals surface area contributed by atoms with Crippen LogP contribution < -0.4 is 5.32 Å². The van der Waals surface area contributed by atoms with Crippen molar-refractivity contribution in [2.75, 3.05) is 0 Å². The Morgan fingerprint density at radius 2 is 1.40 bits per heavy atom. The summed E-state index contributed by atoms with van der Waals surface area (Å²) in [5, 5.41) is 2.87. The first kappa shape index (κ1) is 20.0. The number of nitrogens with one attached hydrogen (secondary N) is 1. The molecule has 5 nitrogen and oxygen atoms in total. The molecular formula is C23H18N2O3S2. The maximum Gasteiger partial charge on any atom is 0.263 e. The van der Waals surface area contributed by atoms with Gasteiger partial charge in [-0.1, -0.05) is 90.2 Å². The highest BCUT2D eigenvalue weighted by Gasteiger charge is 2.27. The van der Waals surface area contributed by atoms with Gasteiger partial charge in [0, 0.05) is 12.1 Å². The number of carbonyl (C=O) groups is 1. The van der Waals surface area contributed by atoms with Crippen LogP contribution in [-0.2, 0) is 16.4 Å². The number of benzene rings is 3. The molecule has 0 saturated carbocycles. The summed E-state index contributed by atoms with van der Waals surface area (Å²) in [6, 6.07) is 26.8. The van der Waals surface area contributed by atoms with Gasteiger partial charge in [0.2, 0.25) is 14.2 Å². The third-order valence-electron chi connectivity index (χ3n) is 4.44. The van der Waals surface area contributed by atoms with Crippen molar-refractivity contribution in [2.24, 2.45) is 0 Å². The van der Waals surface area contributed by atoms with Crippen molar-refractivity contribution in [2.45, 2.75) is 15.8 Å². The summed E-state index contributed by atoms with van der Waals surface area (Å²) in [7, 11) is -3.82. The van der Waals surface area contributed by atoms with Gasteiger partial charge in [-0.05, 0) is 17.7 Å². The molecule has 30 heavy (non-hydrogen) atoms. The van der Waals surface area contributed by atoms with Crippen LogP contribution in [0.25, 0.3) is 11.3 Å². The summed E-state index contributed by atoms with van der Waals surface area (Å²) in [4.78, 5) is 17.7. The second-order valence-corrected chi connectivity index (χ2v) is 9.63. The van der Waals surface area contributed by atoms with Crippen molar-refractivity contribution >= 4 is 27.1 Å². The van der Waals surface area contributed by atoms with E-state index in [4.69, 9.17) is 0 Å². The molecule has 4 aromatic rings. The average molecular weight is 435 g/mol. The van der Waals surface area contributed by atoms with Gasteiger partial charge in [-0.3, -0.25) is 4.79 Å². The number of nitrogens with zero attached hydrogens (tertiary/aromatic N) is 1. The van der Waals surface area contributed by atoms with Crippen LogP contribution in [0.5, 0.6) is 0 Å². The molecule has 0 aliphatic carbocycles. The van der Waals surface area contributed by atoms with E-state index in [-0.39, 0.29) is 20.0 Å². The molecule has 0 aliphatic heterocycles. The van der Waals surface area contributed by atoms with E-state index >= 15 is 0 Å². The average Bonchev–Trinajstić information content (AvgIpc) is 3.26. The lowest BCUT2D eigenvalue weighted by atomic mass is 10.1. The van der Waals surface area contributed by atoms with Crippen LogP contribution in [0.3, 0.4) is 0 Å². The zero-order valence-corrected chi connectivity index (χ0v) is 17.5. The number of sulfone groups is 1. The second kappa shape index (κ2) is 8.61. The van der Waals surface area contributed by atoms with Gasteiger partial charge in [-0.15, -0.1) is 0 Å². The Morgan fingerprint density at radius 3 is 2.03 bits per heavy atom. The zero-order valence-electron chi connectivity index (χ0n) is 15.9. The van der Waals surface area contributed by atoms with Crippen LogP contribution in [0.15, 0.2) is 100 Å². The molecule has 0 bridgehead atoms. The van der Waals surface area contributed by atoms with Crippen LogP contribution in [0.1, 0.15) is 15.2 Å². The summed E-state index contributed by atoms with van der Waals surface area (Å²) in [5.74, 6) is -0.357. The van der Waals surface area contributed by atoms with Crippen LogP contribution in [0.4, 0.5) is 0 Å². The Bertz CT molecular complexity index is 1250. The molecule has 0 radical (unpaired) electrons. The van der Waals surface area contributed by atoms with Crippen LogP contribution in [0, 0.1) is 0 Å². The number of amides is 1. The molecule has 0 aliphatic rings. The molecule has 0 unspecified atom stereocenters. The van der Waals surface area contributed by atoms with Crippen molar-refractivity contribution in [3.8, 4) is 11.3 Å². The van der Waals surface area contributed by atoms with Crippen molar-refractivity contribution in [1.29, 1.82) is 0 Å². The van der Waals surface area contributed by atoms with Gasteiger partial charge >= 0.3 is 0 Å². The fraction of sp³-hybridized carbons (Fsp3) is 0.0435. The minimum absolute atomic E-state index is 0.0996. The number of hydrogen-bond donors (Lipinski definition) is 1. The van der Waals surface area contributed by atoms with Crippen LogP contribution in [-0.4, -0.2) is 19.3 Å². The minimum atomic E-state index is -3.82. The van der Waals surface area contributed by atoms with E-state index in [1.807, 2.05) is 60.7 Å². The largest absolute Gasteiger partial charge is 0.347 e. The number of aromatic nitrogens is 1. The van der Waals surface area contributed by atoms with Gasteiger partial charge in [0.15, 0.2) is 0 Å². The summed E-state index contributed by atoms with van der Waals surface area (Å²) in [5.41, 5.74) is 2.00. The van der Waals surface area contributed by atoms with E-state index in [0.717, 1.165) is 16.9 Å². The number of thiazole rings is 1. The molecule has 1 aromatic heterocycles. The lowest BCUT2D eigenvalue weighted by Crippen LogP contribution is -2.22. The Balaban J connectivity index is 1.72. The highest BCUT2D eigenvalue weighted by molar-refractivity contribution is 7.93. The monoisotopic (exact) mass is 434 g/mol. The lowest BCUT2D eigenvalue weighted by Gasteiger charge is -2.05. The summed E-state index contributed by atoms with van der Waals surface area (Å²) in [6.07, 6.45) is 0. The van der Waals surface area contributed by atoms with Gasteiger partial charge in [-0.25, -0.2) is 13.4 Å². The Labute approximate surface area is 179 Å². The second-order valence-electron chi connectivity index (χ2n) is 6.51. The SMILES string of the molecule is O=C(NCc1ccccc1)c1sc(S(=O)(=O)c2ccccc2)nc1-c1ccccc1. The van der Waals surface area contributed by atoms with Crippen molar-refractivity contribution in [1.82, 2.24) is 10.3 Å². The zero-order chi connectivity index (χ0) is 21.0. The third kappa shape index (κ3) is 4.17. The lowest BCUT2D eigenvalue weighted by molar-refractivity contribution is 0.0955. The highest BCUT2D eigenvalue weighted by Crippen LogP contribution is 2.33. The van der Waals surface area contributed by atoms with Crippen molar-refractivity contribution in [3.05, 3.63) is 101 Å². The van der Waals surface area contributed by atoms with Gasteiger partial charge in [-0.2, -0.15) is 0 Å². The van der Waals surface area contributed by atoms with E-state index in [1.54, 1.807) is 18.2 Å². The number of carbonyl (C=O) groups excluding carboxylic acids is 1. The third-order valence-corrected chi connectivity index (χ3v) is 7.64. The predicted octanol–water partition coefficient (Wildman–Crippen LogP) is 4.57. The van der Waals surface area contributed by atoms with Crippen molar-refractivity contribution < 1.29 is 13.2 Å². The first-order valence-electron chi connectivity index (χ1n) is 9.24. The molecule has 1 heterocycles. The smallest absolute Gasteiger partial charge is 0.263 e. The quantitative estimate of drug-likeness (QED) is 0.482. The molecule has 4 rings (SSSR count).